The van der Waals surface area contributed by atoms with Crippen molar-refractivity contribution in [2.75, 3.05) is 5.73 Å². The van der Waals surface area contributed by atoms with Gasteiger partial charge in [0.1, 0.15) is 5.75 Å². The molecule has 1 heterocycles. The second-order valence-corrected chi connectivity index (χ2v) is 4.07. The maximum absolute atomic E-state index is 6.94. The first kappa shape index (κ1) is 13.5. The highest BCUT2D eigenvalue weighted by molar-refractivity contribution is 5.98. The molecule has 0 saturated carbocycles. The van der Waals surface area contributed by atoms with Crippen LogP contribution in [0.2, 0.25) is 0 Å². The number of amidine groups is 1. The minimum atomic E-state index is 0.151. The van der Waals surface area contributed by atoms with Gasteiger partial charge in [-0.2, -0.15) is 5.10 Å². The molecule has 20 heavy (non-hydrogen) atoms. The number of aryl methyl sites for hydroxylation is 1. The van der Waals surface area contributed by atoms with E-state index in [9.17, 15) is 0 Å². The zero-order valence-electron chi connectivity index (χ0n) is 10.9. The molecule has 5 N–H and O–H groups in total. The fourth-order valence-electron chi connectivity index (χ4n) is 1.56. The van der Waals surface area contributed by atoms with Crippen LogP contribution >= 0.6 is 0 Å². The molecular weight excluding hydrogens is 256 g/mol. The number of benzene rings is 1. The summed E-state index contributed by atoms with van der Waals surface area (Å²) in [6.07, 6.45) is 1.55. The van der Waals surface area contributed by atoms with Gasteiger partial charge in [0.15, 0.2) is 5.84 Å². The molecule has 102 valence electrons. The predicted octanol–water partition coefficient (Wildman–Crippen LogP) is 2.42. The summed E-state index contributed by atoms with van der Waals surface area (Å²) in [6.45, 7) is 1.88. The van der Waals surface area contributed by atoms with Crippen LogP contribution in [-0.2, 0) is 0 Å². The number of nitrogens with one attached hydrogen (secondary N) is 1. The standard InChI is InChI=1S/C13H14N6O/c1-8-6-12(17-7-11(8)14)20-10-4-2-9(3-5-10)13(18-15)19-16/h2-7,15H,14,16H2,1H3. The quantitative estimate of drug-likeness (QED) is 0.260. The number of pyridine rings is 1. The Morgan fingerprint density at radius 2 is 2.00 bits per heavy atom. The van der Waals surface area contributed by atoms with Gasteiger partial charge in [-0.05, 0) is 36.8 Å². The second-order valence-electron chi connectivity index (χ2n) is 4.07. The lowest BCUT2D eigenvalue weighted by Crippen LogP contribution is -2.00. The molecule has 0 aliphatic heterocycles. The number of hydrogen-bond acceptors (Lipinski definition) is 6. The SMILES string of the molecule is Cc1cc(Oc2ccc(C(N=N)=NN)cc2)ncc1N. The Kier molecular flexibility index (Phi) is 3.90. The zero-order chi connectivity index (χ0) is 14.5. The van der Waals surface area contributed by atoms with Crippen LogP contribution in [-0.4, -0.2) is 10.8 Å². The van der Waals surface area contributed by atoms with E-state index in [2.05, 4.69) is 15.2 Å². The number of rotatable bonds is 3. The Bertz CT molecular complexity index is 650. The normalized spacial score (nSPS) is 11.2. The summed E-state index contributed by atoms with van der Waals surface area (Å²) in [5, 5.41) is 6.63. The highest BCUT2D eigenvalue weighted by atomic mass is 16.5. The molecule has 0 spiro atoms. The van der Waals surface area contributed by atoms with Crippen molar-refractivity contribution in [1.82, 2.24) is 4.98 Å². The molecule has 0 unspecified atom stereocenters. The smallest absolute Gasteiger partial charge is 0.219 e. The molecule has 0 fully saturated rings. The Morgan fingerprint density at radius 1 is 1.30 bits per heavy atom. The van der Waals surface area contributed by atoms with Gasteiger partial charge in [0.2, 0.25) is 5.88 Å². The van der Waals surface area contributed by atoms with Crippen molar-refractivity contribution in [3.63, 3.8) is 0 Å². The third-order valence-electron chi connectivity index (χ3n) is 2.69. The number of nitrogens with zero attached hydrogens (tertiary/aromatic N) is 3. The number of nitrogen functional groups attached to an aromatic ring is 1. The van der Waals surface area contributed by atoms with Crippen molar-refractivity contribution in [2.24, 2.45) is 16.1 Å². The van der Waals surface area contributed by atoms with Gasteiger partial charge >= 0.3 is 0 Å². The molecule has 0 bridgehead atoms. The lowest BCUT2D eigenvalue weighted by Gasteiger charge is -2.07. The van der Waals surface area contributed by atoms with Crippen molar-refractivity contribution in [3.8, 4) is 11.6 Å². The molecule has 7 heteroatoms. The van der Waals surface area contributed by atoms with Gasteiger partial charge in [-0.3, -0.25) is 0 Å². The molecule has 2 aromatic rings. The van der Waals surface area contributed by atoms with E-state index in [0.717, 1.165) is 5.56 Å². The van der Waals surface area contributed by atoms with Gasteiger partial charge < -0.3 is 16.3 Å². The number of ether oxygens (including phenoxy) is 1. The lowest BCUT2D eigenvalue weighted by molar-refractivity contribution is 0.462. The topological polar surface area (TPSA) is 123 Å². The maximum atomic E-state index is 6.94. The molecule has 0 radical (unpaired) electrons. The van der Waals surface area contributed by atoms with Crippen LogP contribution in [0.1, 0.15) is 11.1 Å². The van der Waals surface area contributed by atoms with Crippen LogP contribution < -0.4 is 16.3 Å². The maximum Gasteiger partial charge on any atom is 0.219 e. The lowest BCUT2D eigenvalue weighted by atomic mass is 10.2. The van der Waals surface area contributed by atoms with E-state index in [1.165, 1.54) is 0 Å². The second kappa shape index (κ2) is 5.79. The summed E-state index contributed by atoms with van der Waals surface area (Å²) < 4.78 is 5.60. The Morgan fingerprint density at radius 3 is 2.55 bits per heavy atom. The Balaban J connectivity index is 2.18. The van der Waals surface area contributed by atoms with E-state index in [0.29, 0.717) is 22.9 Å². The summed E-state index contributed by atoms with van der Waals surface area (Å²) in [6, 6.07) is 8.62. The number of aromatic nitrogens is 1. The van der Waals surface area contributed by atoms with E-state index in [-0.39, 0.29) is 5.84 Å². The first-order valence-electron chi connectivity index (χ1n) is 5.80. The molecule has 1 aromatic carbocycles. The fourth-order valence-corrected chi connectivity index (χ4v) is 1.56. The average molecular weight is 270 g/mol. The Hall–Kier alpha value is -2.96. The van der Waals surface area contributed by atoms with Crippen LogP contribution in [0.4, 0.5) is 5.69 Å². The summed E-state index contributed by atoms with van der Waals surface area (Å²) in [5.74, 6) is 6.34. The number of hydrazone groups is 1. The third-order valence-corrected chi connectivity index (χ3v) is 2.69. The molecule has 0 atom stereocenters. The predicted molar refractivity (Wildman–Crippen MR) is 75.8 cm³/mol. The highest BCUT2D eigenvalue weighted by Crippen LogP contribution is 2.22. The summed E-state index contributed by atoms with van der Waals surface area (Å²) in [4.78, 5) is 4.08. The van der Waals surface area contributed by atoms with Crippen molar-refractivity contribution >= 4 is 11.5 Å². The van der Waals surface area contributed by atoms with E-state index < -0.39 is 0 Å². The van der Waals surface area contributed by atoms with Crippen molar-refractivity contribution in [3.05, 3.63) is 47.7 Å². The zero-order valence-corrected chi connectivity index (χ0v) is 10.9. The van der Waals surface area contributed by atoms with Crippen molar-refractivity contribution in [2.45, 2.75) is 6.92 Å². The number of hydrogen-bond donors (Lipinski definition) is 3. The number of anilines is 1. The van der Waals surface area contributed by atoms with Gasteiger partial charge in [0.25, 0.3) is 0 Å². The van der Waals surface area contributed by atoms with Crippen LogP contribution in [0.25, 0.3) is 0 Å². The minimum absolute atomic E-state index is 0.151. The molecule has 2 rings (SSSR count). The molecule has 0 saturated heterocycles. The van der Waals surface area contributed by atoms with Crippen LogP contribution in [0.15, 0.2) is 46.7 Å². The van der Waals surface area contributed by atoms with Gasteiger partial charge in [0.05, 0.1) is 11.9 Å². The number of nitrogens with two attached hydrogens (primary N) is 2. The van der Waals surface area contributed by atoms with Crippen molar-refractivity contribution in [1.29, 1.82) is 5.53 Å². The molecule has 1 aromatic heterocycles. The average Bonchev–Trinajstić information content (AvgIpc) is 2.46. The molecule has 0 amide bonds. The summed E-state index contributed by atoms with van der Waals surface area (Å²) >= 11 is 0. The van der Waals surface area contributed by atoms with E-state index in [4.69, 9.17) is 21.8 Å². The van der Waals surface area contributed by atoms with Crippen molar-refractivity contribution < 1.29 is 4.74 Å². The third kappa shape index (κ3) is 2.89. The van der Waals surface area contributed by atoms with Gasteiger partial charge in [-0.15, -0.1) is 5.11 Å². The van der Waals surface area contributed by atoms with Crippen LogP contribution in [0, 0.1) is 12.5 Å². The van der Waals surface area contributed by atoms with Gasteiger partial charge in [0, 0.05) is 11.6 Å². The first-order valence-corrected chi connectivity index (χ1v) is 5.80. The first-order chi connectivity index (χ1) is 9.63. The molecule has 0 aliphatic rings. The van der Waals surface area contributed by atoms with Gasteiger partial charge in [-0.25, -0.2) is 10.5 Å². The molecule has 0 aliphatic carbocycles. The largest absolute Gasteiger partial charge is 0.439 e. The van der Waals surface area contributed by atoms with Crippen LogP contribution in [0.3, 0.4) is 0 Å². The van der Waals surface area contributed by atoms with Gasteiger partial charge in [-0.1, -0.05) is 0 Å². The minimum Gasteiger partial charge on any atom is -0.439 e. The fraction of sp³-hybridized carbons (Fsp3) is 0.0769. The van der Waals surface area contributed by atoms with Crippen LogP contribution in [0.5, 0.6) is 11.6 Å². The summed E-state index contributed by atoms with van der Waals surface area (Å²) in [5.41, 5.74) is 14.8. The van der Waals surface area contributed by atoms with E-state index in [1.807, 2.05) is 6.92 Å². The Labute approximate surface area is 115 Å². The highest BCUT2D eigenvalue weighted by Gasteiger charge is 2.04. The summed E-state index contributed by atoms with van der Waals surface area (Å²) in [7, 11) is 0. The monoisotopic (exact) mass is 270 g/mol. The molecular formula is C13H14N6O. The molecule has 7 nitrogen and oxygen atoms in total. The van der Waals surface area contributed by atoms with E-state index >= 15 is 0 Å². The van der Waals surface area contributed by atoms with E-state index in [1.54, 1.807) is 36.5 Å².